The van der Waals surface area contributed by atoms with Crippen molar-refractivity contribution < 1.29 is 24.0 Å². The molecular formula is C38H35N9O5S. The molecule has 2 aromatic carbocycles. The first-order valence-corrected chi connectivity index (χ1v) is 18.4. The second-order valence-corrected chi connectivity index (χ2v) is 14.3. The van der Waals surface area contributed by atoms with Crippen molar-refractivity contribution in [1.82, 2.24) is 34.5 Å². The van der Waals surface area contributed by atoms with Crippen LogP contribution in [0.2, 0.25) is 0 Å². The summed E-state index contributed by atoms with van der Waals surface area (Å²) >= 11 is 1.51. The van der Waals surface area contributed by atoms with E-state index in [4.69, 9.17) is 10.7 Å². The molecule has 0 aliphatic carbocycles. The van der Waals surface area contributed by atoms with Gasteiger partial charge in [0.2, 0.25) is 11.8 Å². The van der Waals surface area contributed by atoms with E-state index in [1.54, 1.807) is 54.9 Å². The van der Waals surface area contributed by atoms with Crippen LogP contribution in [0.25, 0.3) is 16.8 Å². The molecule has 53 heavy (non-hydrogen) atoms. The molecule has 6 heterocycles. The molecule has 4 N–H and O–H groups in total. The summed E-state index contributed by atoms with van der Waals surface area (Å²) in [7, 11) is 0. The van der Waals surface area contributed by atoms with Crippen molar-refractivity contribution >= 4 is 58.5 Å². The van der Waals surface area contributed by atoms with E-state index in [9.17, 15) is 24.0 Å². The number of nitrogen functional groups attached to an aromatic ring is 1. The zero-order chi connectivity index (χ0) is 36.6. The van der Waals surface area contributed by atoms with Gasteiger partial charge in [-0.3, -0.25) is 43.5 Å². The summed E-state index contributed by atoms with van der Waals surface area (Å²) in [4.78, 5) is 81.6. The average molecular weight is 730 g/mol. The minimum absolute atomic E-state index is 0.0359. The first-order valence-electron chi connectivity index (χ1n) is 17.4. The number of nitrogens with two attached hydrogens (primary N) is 1. The Morgan fingerprint density at radius 1 is 0.943 bits per heavy atom. The summed E-state index contributed by atoms with van der Waals surface area (Å²) in [5.74, 6) is 0.0909. The SMILES string of the molecule is Nc1nccn2c([C@@H]3CCCN3CCCSc3cccc4c3C(=O)N(C3CCC(=O)NC3=O)C4=O)nc(-c3ccc(C(=O)Nc4ccccn4)cc3)c12. The smallest absolute Gasteiger partial charge is 0.263 e. The van der Waals surface area contributed by atoms with Gasteiger partial charge in [0.1, 0.15) is 34.7 Å². The minimum Gasteiger partial charge on any atom is -0.382 e. The number of benzene rings is 2. The second-order valence-electron chi connectivity index (χ2n) is 13.1. The molecule has 2 fully saturated rings. The molecule has 0 saturated carbocycles. The number of piperidine rings is 1. The summed E-state index contributed by atoms with van der Waals surface area (Å²) in [5, 5.41) is 5.05. The van der Waals surface area contributed by atoms with Crippen LogP contribution in [-0.2, 0) is 9.59 Å². The van der Waals surface area contributed by atoms with E-state index in [-0.39, 0.29) is 30.4 Å². The van der Waals surface area contributed by atoms with Crippen LogP contribution in [0.1, 0.15) is 75.0 Å². The highest BCUT2D eigenvalue weighted by Gasteiger charge is 2.45. The van der Waals surface area contributed by atoms with Crippen molar-refractivity contribution in [1.29, 1.82) is 0 Å². The molecular weight excluding hydrogens is 695 g/mol. The van der Waals surface area contributed by atoms with Crippen LogP contribution in [0.5, 0.6) is 0 Å². The Labute approximate surface area is 308 Å². The van der Waals surface area contributed by atoms with Gasteiger partial charge in [0.05, 0.1) is 17.2 Å². The van der Waals surface area contributed by atoms with Crippen molar-refractivity contribution in [2.24, 2.45) is 0 Å². The standard InChI is InChI=1S/C38H35N9O5S/c39-33-32-31(22-10-12-23(13-11-22)35(49)42-28-9-1-2-16-40-28)44-34(46(32)20-17-41-33)25-7-4-18-45(25)19-5-21-53-27-8-3-6-24-30(27)38(52)47(37(24)51)26-14-15-29(48)43-36(26)50/h1-3,6,8-13,16-17,20,25-26H,4-5,7,14-15,18-19,21H2,(H2,39,41)(H,40,42,49)(H,43,48,50)/t25-,26?/m0/s1. The fraction of sp³-hybridized carbons (Fsp3) is 0.263. The largest absolute Gasteiger partial charge is 0.382 e. The zero-order valence-corrected chi connectivity index (χ0v) is 29.3. The lowest BCUT2D eigenvalue weighted by atomic mass is 10.0. The molecule has 14 nitrogen and oxygen atoms in total. The number of hydrogen-bond donors (Lipinski definition) is 3. The van der Waals surface area contributed by atoms with Gasteiger partial charge in [0.25, 0.3) is 17.7 Å². The molecule has 0 bridgehead atoms. The first kappa shape index (κ1) is 34.2. The molecule has 268 valence electrons. The number of nitrogens with one attached hydrogen (secondary N) is 2. The number of imidazole rings is 1. The van der Waals surface area contributed by atoms with Crippen molar-refractivity contribution in [2.45, 2.75) is 49.1 Å². The molecule has 1 unspecified atom stereocenters. The van der Waals surface area contributed by atoms with Gasteiger partial charge in [-0.15, -0.1) is 11.8 Å². The van der Waals surface area contributed by atoms with Crippen LogP contribution in [-0.4, -0.2) is 83.6 Å². The number of nitrogens with zero attached hydrogens (tertiary/aromatic N) is 6. The lowest BCUT2D eigenvalue weighted by molar-refractivity contribution is -0.136. The van der Waals surface area contributed by atoms with Crippen LogP contribution in [0.4, 0.5) is 11.6 Å². The summed E-state index contributed by atoms with van der Waals surface area (Å²) in [6.07, 6.45) is 8.09. The van der Waals surface area contributed by atoms with E-state index < -0.39 is 29.7 Å². The number of aromatic nitrogens is 4. The molecule has 2 saturated heterocycles. The van der Waals surface area contributed by atoms with Gasteiger partial charge in [-0.25, -0.2) is 15.0 Å². The number of fused-ring (bicyclic) bond motifs is 2. The fourth-order valence-electron chi connectivity index (χ4n) is 7.37. The molecule has 0 spiro atoms. The molecule has 5 aromatic rings. The number of anilines is 2. The van der Waals surface area contributed by atoms with Gasteiger partial charge in [0, 0.05) is 41.0 Å². The number of likely N-dealkylation sites (tertiary alicyclic amines) is 1. The van der Waals surface area contributed by atoms with Crippen molar-refractivity contribution in [3.05, 3.63) is 102 Å². The number of rotatable bonds is 10. The van der Waals surface area contributed by atoms with Crippen molar-refractivity contribution in [3.8, 4) is 11.3 Å². The number of pyridine rings is 1. The van der Waals surface area contributed by atoms with Crippen molar-refractivity contribution in [2.75, 3.05) is 29.9 Å². The molecule has 2 atom stereocenters. The number of imide groups is 2. The van der Waals surface area contributed by atoms with Crippen LogP contribution < -0.4 is 16.4 Å². The van der Waals surface area contributed by atoms with Gasteiger partial charge in [-0.2, -0.15) is 0 Å². The maximum atomic E-state index is 13.5. The highest BCUT2D eigenvalue weighted by Crippen LogP contribution is 2.38. The van der Waals surface area contributed by atoms with Crippen LogP contribution in [0, 0.1) is 0 Å². The molecule has 0 radical (unpaired) electrons. The highest BCUT2D eigenvalue weighted by atomic mass is 32.2. The molecule has 15 heteroatoms. The molecule has 8 rings (SSSR count). The second kappa shape index (κ2) is 14.2. The van der Waals surface area contributed by atoms with Gasteiger partial charge in [-0.1, -0.05) is 24.3 Å². The van der Waals surface area contributed by atoms with E-state index in [2.05, 4.69) is 25.5 Å². The Kier molecular flexibility index (Phi) is 9.18. The molecule has 5 amide bonds. The monoisotopic (exact) mass is 729 g/mol. The third-order valence-corrected chi connectivity index (χ3v) is 11.0. The van der Waals surface area contributed by atoms with E-state index in [0.717, 1.165) is 48.6 Å². The predicted molar refractivity (Wildman–Crippen MR) is 197 cm³/mol. The van der Waals surface area contributed by atoms with Crippen LogP contribution in [0.3, 0.4) is 0 Å². The van der Waals surface area contributed by atoms with E-state index in [1.165, 1.54) is 11.8 Å². The van der Waals surface area contributed by atoms with Gasteiger partial charge >= 0.3 is 0 Å². The number of carbonyl (C=O) groups excluding carboxylic acids is 5. The number of carbonyl (C=O) groups is 5. The predicted octanol–water partition coefficient (Wildman–Crippen LogP) is 4.35. The Morgan fingerprint density at radius 3 is 2.58 bits per heavy atom. The Morgan fingerprint density at radius 2 is 1.79 bits per heavy atom. The lowest BCUT2D eigenvalue weighted by Gasteiger charge is -2.27. The quantitative estimate of drug-likeness (QED) is 0.106. The molecule has 3 aliphatic rings. The average Bonchev–Trinajstić information content (AvgIpc) is 3.86. The maximum absolute atomic E-state index is 13.5. The van der Waals surface area contributed by atoms with Gasteiger partial charge in [-0.05, 0) is 80.9 Å². The Hall–Kier alpha value is -5.93. The van der Waals surface area contributed by atoms with Crippen LogP contribution >= 0.6 is 11.8 Å². The third kappa shape index (κ3) is 6.42. The normalized spacial score (nSPS) is 18.8. The van der Waals surface area contributed by atoms with Gasteiger partial charge in [0.15, 0.2) is 0 Å². The van der Waals surface area contributed by atoms with E-state index in [0.29, 0.717) is 44.6 Å². The summed E-state index contributed by atoms with van der Waals surface area (Å²) < 4.78 is 2.02. The molecule has 3 aliphatic heterocycles. The first-order chi connectivity index (χ1) is 25.8. The highest BCUT2D eigenvalue weighted by molar-refractivity contribution is 7.99. The third-order valence-electron chi connectivity index (χ3n) is 9.88. The van der Waals surface area contributed by atoms with E-state index in [1.807, 2.05) is 28.8 Å². The molecule has 3 aromatic heterocycles. The summed E-state index contributed by atoms with van der Waals surface area (Å²) in [6, 6.07) is 16.8. The maximum Gasteiger partial charge on any atom is 0.263 e. The minimum atomic E-state index is -1.00. The van der Waals surface area contributed by atoms with Gasteiger partial charge < -0.3 is 11.1 Å². The van der Waals surface area contributed by atoms with E-state index >= 15 is 0 Å². The number of hydrogen-bond acceptors (Lipinski definition) is 11. The summed E-state index contributed by atoms with van der Waals surface area (Å²) in [6.45, 7) is 1.68. The Balaban J connectivity index is 0.956. The van der Waals surface area contributed by atoms with Crippen LogP contribution in [0.15, 0.2) is 84.1 Å². The fourth-order valence-corrected chi connectivity index (χ4v) is 8.38. The van der Waals surface area contributed by atoms with Crippen molar-refractivity contribution in [3.63, 3.8) is 0 Å². The number of thioether (sulfide) groups is 1. The lowest BCUT2D eigenvalue weighted by Crippen LogP contribution is -2.54. The zero-order valence-electron chi connectivity index (χ0n) is 28.5. The number of amides is 5. The topological polar surface area (TPSA) is 185 Å². The summed E-state index contributed by atoms with van der Waals surface area (Å²) in [5.41, 5.74) is 9.72. The Bertz CT molecular complexity index is 2280.